The van der Waals surface area contributed by atoms with Gasteiger partial charge in [-0.2, -0.15) is 13.2 Å². The van der Waals surface area contributed by atoms with E-state index < -0.39 is 51.1 Å². The van der Waals surface area contributed by atoms with Gasteiger partial charge in [0, 0.05) is 6.07 Å². The van der Waals surface area contributed by atoms with Crippen LogP contribution in [0, 0.1) is 16.0 Å². The number of alkyl halides is 3. The Hall–Kier alpha value is -2.77. The fourth-order valence-corrected chi connectivity index (χ4v) is 4.06. The number of aromatic hydroxyl groups is 1. The Balaban J connectivity index is 2.19. The van der Waals surface area contributed by atoms with E-state index in [1.54, 1.807) is 5.32 Å². The largest absolute Gasteiger partial charge is 0.502 e. The van der Waals surface area contributed by atoms with Crippen LogP contribution in [0.5, 0.6) is 5.75 Å². The van der Waals surface area contributed by atoms with E-state index in [-0.39, 0.29) is 10.4 Å². The van der Waals surface area contributed by atoms with Gasteiger partial charge in [0.05, 0.1) is 15.8 Å². The molecule has 0 radical (unpaired) electrons. The summed E-state index contributed by atoms with van der Waals surface area (Å²) in [6.07, 6.45) is -5.31. The Morgan fingerprint density at radius 3 is 2.59 bits per heavy atom. The number of ketones is 1. The number of nitrogens with one attached hydrogen (secondary N) is 2. The molecule has 29 heavy (non-hydrogen) atoms. The van der Waals surface area contributed by atoms with Crippen LogP contribution in [0.25, 0.3) is 0 Å². The summed E-state index contributed by atoms with van der Waals surface area (Å²) in [5.41, 5.74) is -4.64. The zero-order chi connectivity index (χ0) is 21.6. The lowest BCUT2D eigenvalue weighted by atomic mass is 9.78. The highest BCUT2D eigenvalue weighted by Gasteiger charge is 2.66. The maximum atomic E-state index is 13.8. The smallest absolute Gasteiger partial charge is 0.437 e. The molecule has 1 aromatic carbocycles. The SMILES string of the molecule is O=C(c1cccs1)[C@@H]1[C@H](c2ccc(O)c([N+](=O)[O-])c2)NC(=S)N[C@]1(O)C(F)(F)F. The molecule has 13 heteroatoms. The van der Waals surface area contributed by atoms with Gasteiger partial charge in [0.25, 0.3) is 0 Å². The van der Waals surface area contributed by atoms with Crippen LogP contribution in [0.1, 0.15) is 21.3 Å². The predicted molar refractivity (Wildman–Crippen MR) is 99.5 cm³/mol. The van der Waals surface area contributed by atoms with Crippen LogP contribution in [-0.4, -0.2) is 37.9 Å². The minimum absolute atomic E-state index is 0.0487. The summed E-state index contributed by atoms with van der Waals surface area (Å²) in [6.45, 7) is 0. The van der Waals surface area contributed by atoms with Gasteiger partial charge >= 0.3 is 11.9 Å². The number of rotatable bonds is 4. The number of carbonyl (C=O) groups excluding carboxylic acids is 1. The van der Waals surface area contributed by atoms with E-state index >= 15 is 0 Å². The van der Waals surface area contributed by atoms with Crippen molar-refractivity contribution in [3.63, 3.8) is 0 Å². The van der Waals surface area contributed by atoms with Crippen molar-refractivity contribution in [2.75, 3.05) is 0 Å². The second-order valence-electron chi connectivity index (χ2n) is 6.16. The average Bonchev–Trinajstić information content (AvgIpc) is 3.14. The molecule has 4 N–H and O–H groups in total. The summed E-state index contributed by atoms with van der Waals surface area (Å²) in [5.74, 6) is -3.91. The summed E-state index contributed by atoms with van der Waals surface area (Å²) in [4.78, 5) is 23.1. The van der Waals surface area contributed by atoms with Crippen LogP contribution in [-0.2, 0) is 0 Å². The van der Waals surface area contributed by atoms with Gasteiger partial charge in [-0.15, -0.1) is 11.3 Å². The molecule has 2 aromatic rings. The van der Waals surface area contributed by atoms with Crippen LogP contribution in [0.2, 0.25) is 0 Å². The molecule has 0 aliphatic carbocycles. The standard InChI is InChI=1S/C16H12F3N3O5S2/c17-16(18,19)15(25)11(13(24)10-2-1-5-29-10)12(20-14(28)21-15)7-3-4-9(23)8(6-7)22(26)27/h1-6,11-12,23,25H,(H2,20,21,28)/t11-,12-,15+/m0/s1. The number of thiophene rings is 1. The van der Waals surface area contributed by atoms with Gasteiger partial charge in [0.1, 0.15) is 5.92 Å². The molecule has 3 atom stereocenters. The third-order valence-corrected chi connectivity index (χ3v) is 5.51. The highest BCUT2D eigenvalue weighted by molar-refractivity contribution is 7.80. The van der Waals surface area contributed by atoms with Crippen LogP contribution in [0.4, 0.5) is 18.9 Å². The van der Waals surface area contributed by atoms with E-state index in [0.29, 0.717) is 0 Å². The van der Waals surface area contributed by atoms with Gasteiger partial charge in [0.2, 0.25) is 5.72 Å². The van der Waals surface area contributed by atoms with Gasteiger partial charge in [-0.05, 0) is 35.3 Å². The molecule has 1 aliphatic heterocycles. The topological polar surface area (TPSA) is 125 Å². The van der Waals surface area contributed by atoms with Crippen molar-refractivity contribution in [1.82, 2.24) is 10.6 Å². The molecule has 154 valence electrons. The molecule has 1 fully saturated rings. The minimum atomic E-state index is -5.31. The molecule has 3 rings (SSSR count). The lowest BCUT2D eigenvalue weighted by Crippen LogP contribution is -2.72. The summed E-state index contributed by atoms with van der Waals surface area (Å²) >= 11 is 5.66. The first-order valence-corrected chi connectivity index (χ1v) is 9.17. The molecule has 8 nitrogen and oxygen atoms in total. The third kappa shape index (κ3) is 3.63. The van der Waals surface area contributed by atoms with Gasteiger partial charge in [0.15, 0.2) is 16.6 Å². The Bertz CT molecular complexity index is 983. The number of halogens is 3. The van der Waals surface area contributed by atoms with Crippen LogP contribution < -0.4 is 10.6 Å². The van der Waals surface area contributed by atoms with Crippen LogP contribution >= 0.6 is 23.6 Å². The molecule has 0 unspecified atom stereocenters. The number of nitro benzene ring substituents is 1. The van der Waals surface area contributed by atoms with Gasteiger partial charge < -0.3 is 20.8 Å². The molecule has 0 amide bonds. The zero-order valence-electron chi connectivity index (χ0n) is 14.1. The van der Waals surface area contributed by atoms with Gasteiger partial charge in [-0.3, -0.25) is 14.9 Å². The number of Topliss-reactive ketones (excluding diaryl/α,β-unsaturated/α-hetero) is 1. The Kier molecular flexibility index (Phi) is 5.23. The number of nitrogens with zero attached hydrogens (tertiary/aromatic N) is 1. The first-order chi connectivity index (χ1) is 13.5. The molecule has 2 heterocycles. The van der Waals surface area contributed by atoms with Crippen molar-refractivity contribution in [2.45, 2.75) is 17.9 Å². The van der Waals surface area contributed by atoms with Crippen molar-refractivity contribution in [1.29, 1.82) is 0 Å². The van der Waals surface area contributed by atoms with E-state index in [2.05, 4.69) is 5.32 Å². The minimum Gasteiger partial charge on any atom is -0.502 e. The Labute approximate surface area is 170 Å². The molecular weight excluding hydrogens is 435 g/mol. The van der Waals surface area contributed by atoms with Crippen molar-refractivity contribution >= 4 is 40.1 Å². The van der Waals surface area contributed by atoms with Crippen molar-refractivity contribution in [3.8, 4) is 5.75 Å². The second kappa shape index (κ2) is 7.24. The number of thiocarbonyl (C=S) groups is 1. The highest BCUT2D eigenvalue weighted by atomic mass is 32.1. The van der Waals surface area contributed by atoms with Crippen molar-refractivity contribution < 1.29 is 33.1 Å². The number of aliphatic hydroxyl groups is 1. The maximum Gasteiger partial charge on any atom is 0.437 e. The Morgan fingerprint density at radius 1 is 1.34 bits per heavy atom. The number of hydrogen-bond acceptors (Lipinski definition) is 7. The Morgan fingerprint density at radius 2 is 2.03 bits per heavy atom. The normalized spacial score (nSPS) is 24.5. The van der Waals surface area contributed by atoms with Gasteiger partial charge in [-0.25, -0.2) is 0 Å². The predicted octanol–water partition coefficient (Wildman–Crippen LogP) is 2.63. The summed E-state index contributed by atoms with van der Waals surface area (Å²) < 4.78 is 41.4. The van der Waals surface area contributed by atoms with Crippen LogP contribution in [0.15, 0.2) is 35.7 Å². The molecule has 0 spiro atoms. The number of phenols is 1. The number of benzene rings is 1. The number of phenolic OH excluding ortho intramolecular Hbond substituents is 1. The number of hydrogen-bond donors (Lipinski definition) is 4. The molecular formula is C16H12F3N3O5S2. The van der Waals surface area contributed by atoms with E-state index in [1.165, 1.54) is 17.5 Å². The average molecular weight is 447 g/mol. The first kappa shape index (κ1) is 21.0. The summed E-state index contributed by atoms with van der Waals surface area (Å²) in [7, 11) is 0. The lowest BCUT2D eigenvalue weighted by molar-refractivity contribution is -0.386. The first-order valence-electron chi connectivity index (χ1n) is 7.88. The fraction of sp³-hybridized carbons (Fsp3) is 0.250. The molecule has 1 aromatic heterocycles. The summed E-state index contributed by atoms with van der Waals surface area (Å²) in [6, 6.07) is 4.04. The quantitative estimate of drug-likeness (QED) is 0.244. The number of carbonyl (C=O) groups is 1. The van der Waals surface area contributed by atoms with Gasteiger partial charge in [-0.1, -0.05) is 12.1 Å². The molecule has 0 bridgehead atoms. The highest BCUT2D eigenvalue weighted by Crippen LogP contribution is 2.45. The van der Waals surface area contributed by atoms with Crippen LogP contribution in [0.3, 0.4) is 0 Å². The van der Waals surface area contributed by atoms with E-state index in [4.69, 9.17) is 12.2 Å². The summed E-state index contributed by atoms with van der Waals surface area (Å²) in [5, 5.41) is 36.3. The van der Waals surface area contributed by atoms with E-state index in [0.717, 1.165) is 29.5 Å². The fourth-order valence-electron chi connectivity index (χ4n) is 3.07. The van der Waals surface area contributed by atoms with Crippen molar-refractivity contribution in [3.05, 3.63) is 56.3 Å². The molecule has 0 saturated carbocycles. The zero-order valence-corrected chi connectivity index (χ0v) is 15.8. The molecule has 1 saturated heterocycles. The second-order valence-corrected chi connectivity index (χ2v) is 7.52. The lowest BCUT2D eigenvalue weighted by Gasteiger charge is -2.46. The molecule has 1 aliphatic rings. The maximum absolute atomic E-state index is 13.8. The third-order valence-electron chi connectivity index (χ3n) is 4.41. The number of nitro groups is 1. The van der Waals surface area contributed by atoms with E-state index in [1.807, 2.05) is 0 Å². The van der Waals surface area contributed by atoms with Crippen molar-refractivity contribution in [2.24, 2.45) is 5.92 Å². The monoisotopic (exact) mass is 447 g/mol. The van der Waals surface area contributed by atoms with E-state index in [9.17, 15) is 38.3 Å².